The summed E-state index contributed by atoms with van der Waals surface area (Å²) in [5.41, 5.74) is 0. The van der Waals surface area contributed by atoms with Crippen LogP contribution in [-0.4, -0.2) is 30.2 Å². The topological polar surface area (TPSA) is 38.7 Å². The van der Waals surface area contributed by atoms with Crippen LogP contribution in [0.15, 0.2) is 0 Å². The first-order chi connectivity index (χ1) is 4.72. The Morgan fingerprint density at radius 1 is 1.30 bits per heavy atom. The van der Waals surface area contributed by atoms with E-state index in [0.717, 1.165) is 6.42 Å². The molecule has 0 aliphatic carbocycles. The third-order valence-corrected chi connectivity index (χ3v) is 1.58. The Bertz CT molecular complexity index is 95.0. The van der Waals surface area contributed by atoms with Crippen LogP contribution in [0.5, 0.6) is 0 Å². The molecular formula is C7H14O3. The van der Waals surface area contributed by atoms with Gasteiger partial charge in [0.25, 0.3) is 0 Å². The number of rotatable bonds is 1. The molecule has 2 unspecified atom stereocenters. The molecule has 2 atom stereocenters. The second kappa shape index (κ2) is 3.32. The Kier molecular flexibility index (Phi) is 2.65. The van der Waals surface area contributed by atoms with Gasteiger partial charge < -0.3 is 14.6 Å². The standard InChI is InChI=1S/C7H14O3/c1-5-3-6(2)10-7(4-8)9-5/h5-8H,3-4H2,1-2H3. The zero-order chi connectivity index (χ0) is 7.56. The van der Waals surface area contributed by atoms with Crippen LogP contribution in [0.1, 0.15) is 20.3 Å². The smallest absolute Gasteiger partial charge is 0.181 e. The number of aliphatic hydroxyl groups excluding tert-OH is 1. The lowest BCUT2D eigenvalue weighted by Crippen LogP contribution is -2.37. The van der Waals surface area contributed by atoms with Crippen molar-refractivity contribution in [3.63, 3.8) is 0 Å². The molecule has 10 heavy (non-hydrogen) atoms. The van der Waals surface area contributed by atoms with E-state index in [-0.39, 0.29) is 18.8 Å². The molecule has 0 bridgehead atoms. The van der Waals surface area contributed by atoms with E-state index in [4.69, 9.17) is 14.6 Å². The summed E-state index contributed by atoms with van der Waals surface area (Å²) in [5, 5.41) is 8.68. The predicted octanol–water partition coefficient (Wildman–Crippen LogP) is 0.519. The lowest BCUT2D eigenvalue weighted by atomic mass is 10.2. The monoisotopic (exact) mass is 146 g/mol. The van der Waals surface area contributed by atoms with Crippen LogP contribution < -0.4 is 0 Å². The molecule has 0 saturated carbocycles. The van der Waals surface area contributed by atoms with Gasteiger partial charge in [-0.05, 0) is 20.3 Å². The Hall–Kier alpha value is -0.120. The molecule has 0 aromatic carbocycles. The lowest BCUT2D eigenvalue weighted by Gasteiger charge is -2.31. The maximum Gasteiger partial charge on any atom is 0.181 e. The number of aliphatic hydroxyl groups is 1. The molecule has 1 aliphatic heterocycles. The van der Waals surface area contributed by atoms with Crippen molar-refractivity contribution in [1.82, 2.24) is 0 Å². The van der Waals surface area contributed by atoms with Gasteiger partial charge in [0.15, 0.2) is 6.29 Å². The first kappa shape index (κ1) is 7.98. The van der Waals surface area contributed by atoms with Crippen molar-refractivity contribution in [2.45, 2.75) is 38.8 Å². The van der Waals surface area contributed by atoms with Crippen LogP contribution >= 0.6 is 0 Å². The van der Waals surface area contributed by atoms with E-state index in [0.29, 0.717) is 0 Å². The fourth-order valence-electron chi connectivity index (χ4n) is 1.21. The summed E-state index contributed by atoms with van der Waals surface area (Å²) in [5.74, 6) is 0. The van der Waals surface area contributed by atoms with Gasteiger partial charge in [-0.1, -0.05) is 0 Å². The molecule has 3 nitrogen and oxygen atoms in total. The second-order valence-corrected chi connectivity index (χ2v) is 2.74. The van der Waals surface area contributed by atoms with Gasteiger partial charge in [0.05, 0.1) is 18.8 Å². The fourth-order valence-corrected chi connectivity index (χ4v) is 1.21. The van der Waals surface area contributed by atoms with Gasteiger partial charge in [-0.25, -0.2) is 0 Å². The molecule has 1 aliphatic rings. The maximum atomic E-state index is 8.68. The first-order valence-electron chi connectivity index (χ1n) is 3.64. The minimum Gasteiger partial charge on any atom is -0.391 e. The maximum absolute atomic E-state index is 8.68. The Labute approximate surface area is 60.9 Å². The lowest BCUT2D eigenvalue weighted by molar-refractivity contribution is -0.246. The summed E-state index contributed by atoms with van der Waals surface area (Å²) in [7, 11) is 0. The average Bonchev–Trinajstić information content (AvgIpc) is 1.85. The largest absolute Gasteiger partial charge is 0.391 e. The van der Waals surface area contributed by atoms with E-state index in [9.17, 15) is 0 Å². The van der Waals surface area contributed by atoms with E-state index >= 15 is 0 Å². The van der Waals surface area contributed by atoms with Crippen LogP contribution in [0.4, 0.5) is 0 Å². The fraction of sp³-hybridized carbons (Fsp3) is 1.00. The molecule has 0 aromatic rings. The summed E-state index contributed by atoms with van der Waals surface area (Å²) in [6.45, 7) is 3.93. The first-order valence-corrected chi connectivity index (χ1v) is 3.64. The highest BCUT2D eigenvalue weighted by Gasteiger charge is 2.23. The van der Waals surface area contributed by atoms with Gasteiger partial charge in [-0.15, -0.1) is 0 Å². The normalized spacial score (nSPS) is 41.7. The molecule has 1 N–H and O–H groups in total. The highest BCUT2D eigenvalue weighted by Crippen LogP contribution is 2.16. The molecule has 0 spiro atoms. The van der Waals surface area contributed by atoms with Crippen LogP contribution in [0.3, 0.4) is 0 Å². The molecular weight excluding hydrogens is 132 g/mol. The Morgan fingerprint density at radius 3 is 2.20 bits per heavy atom. The van der Waals surface area contributed by atoms with E-state index in [1.807, 2.05) is 13.8 Å². The summed E-state index contributed by atoms with van der Waals surface area (Å²) in [6, 6.07) is 0. The number of hydrogen-bond acceptors (Lipinski definition) is 3. The average molecular weight is 146 g/mol. The third kappa shape index (κ3) is 1.94. The van der Waals surface area contributed by atoms with Crippen molar-refractivity contribution in [3.05, 3.63) is 0 Å². The second-order valence-electron chi connectivity index (χ2n) is 2.74. The van der Waals surface area contributed by atoms with Crippen molar-refractivity contribution in [2.24, 2.45) is 0 Å². The quantitative estimate of drug-likeness (QED) is 0.586. The summed E-state index contributed by atoms with van der Waals surface area (Å²) in [4.78, 5) is 0. The van der Waals surface area contributed by atoms with Crippen molar-refractivity contribution in [3.8, 4) is 0 Å². The predicted molar refractivity (Wildman–Crippen MR) is 36.6 cm³/mol. The van der Waals surface area contributed by atoms with Gasteiger partial charge in [-0.3, -0.25) is 0 Å². The van der Waals surface area contributed by atoms with Crippen molar-refractivity contribution in [2.75, 3.05) is 6.61 Å². The molecule has 1 heterocycles. The van der Waals surface area contributed by atoms with Crippen LogP contribution in [0.2, 0.25) is 0 Å². The van der Waals surface area contributed by atoms with Crippen LogP contribution in [0, 0.1) is 0 Å². The van der Waals surface area contributed by atoms with Crippen LogP contribution in [0.25, 0.3) is 0 Å². The third-order valence-electron chi connectivity index (χ3n) is 1.58. The minimum absolute atomic E-state index is 0.0469. The van der Waals surface area contributed by atoms with Gasteiger partial charge in [0.2, 0.25) is 0 Å². The SMILES string of the molecule is CC1CC(C)OC(CO)O1. The molecule has 0 amide bonds. The summed E-state index contributed by atoms with van der Waals surface area (Å²) in [6.07, 6.45) is 0.928. The van der Waals surface area contributed by atoms with Crippen LogP contribution in [-0.2, 0) is 9.47 Å². The molecule has 0 aromatic heterocycles. The number of ether oxygens (including phenoxy) is 2. The summed E-state index contributed by atoms with van der Waals surface area (Å²) < 4.78 is 10.5. The van der Waals surface area contributed by atoms with E-state index < -0.39 is 6.29 Å². The minimum atomic E-state index is -0.404. The molecule has 1 fully saturated rings. The van der Waals surface area contributed by atoms with Crippen molar-refractivity contribution in [1.29, 1.82) is 0 Å². The van der Waals surface area contributed by atoms with Gasteiger partial charge in [-0.2, -0.15) is 0 Å². The van der Waals surface area contributed by atoms with Crippen molar-refractivity contribution >= 4 is 0 Å². The summed E-state index contributed by atoms with van der Waals surface area (Å²) >= 11 is 0. The van der Waals surface area contributed by atoms with Gasteiger partial charge in [0, 0.05) is 0 Å². The zero-order valence-corrected chi connectivity index (χ0v) is 6.41. The highest BCUT2D eigenvalue weighted by molar-refractivity contribution is 4.64. The molecule has 1 saturated heterocycles. The molecule has 60 valence electrons. The van der Waals surface area contributed by atoms with E-state index in [2.05, 4.69) is 0 Å². The highest BCUT2D eigenvalue weighted by atomic mass is 16.7. The number of hydrogen-bond donors (Lipinski definition) is 1. The van der Waals surface area contributed by atoms with E-state index in [1.165, 1.54) is 0 Å². The molecule has 3 heteroatoms. The Morgan fingerprint density at radius 2 is 1.80 bits per heavy atom. The molecule has 0 radical (unpaired) electrons. The van der Waals surface area contributed by atoms with E-state index in [1.54, 1.807) is 0 Å². The van der Waals surface area contributed by atoms with Crippen molar-refractivity contribution < 1.29 is 14.6 Å². The Balaban J connectivity index is 2.35. The zero-order valence-electron chi connectivity index (χ0n) is 6.41. The molecule has 1 rings (SSSR count). The van der Waals surface area contributed by atoms with Gasteiger partial charge >= 0.3 is 0 Å². The van der Waals surface area contributed by atoms with Gasteiger partial charge in [0.1, 0.15) is 0 Å².